The van der Waals surface area contributed by atoms with Crippen LogP contribution in [-0.4, -0.2) is 13.5 Å². The highest BCUT2D eigenvalue weighted by Gasteiger charge is 2.22. The molecule has 5 heteroatoms. The van der Waals surface area contributed by atoms with E-state index >= 15 is 0 Å². The summed E-state index contributed by atoms with van der Waals surface area (Å²) in [5.41, 5.74) is 17.1. The zero-order valence-corrected chi connectivity index (χ0v) is 38.7. The second-order valence-electron chi connectivity index (χ2n) is 19.2. The maximum atomic E-state index is 14.4. The number of para-hydroxylation sites is 3. The standard InChI is InChI=1S/C67H39N3O2/c71-67-51-21-8-7-18-48(51)55-37-44(38-56-54-34-41(40-14-3-1-4-15-40)26-32-62(54)70(67)66(55)56)47-22-13-25-64-65(47)57-39-46(29-33-63(57)72-64)69-59-24-12-10-20-50(59)53-36-43(28-31-61(53)69)42-27-30-60-52(35-42)49-19-9-11-23-58(49)68(60)45-16-5-2-6-17-45/h1-39H. The Balaban J connectivity index is 0.884. The number of hydrogen-bond donors (Lipinski definition) is 0. The second-order valence-corrected chi connectivity index (χ2v) is 19.2. The third kappa shape index (κ3) is 5.45. The van der Waals surface area contributed by atoms with E-state index in [-0.39, 0.29) is 5.56 Å². The summed E-state index contributed by atoms with van der Waals surface area (Å²) in [6.45, 7) is 0. The molecular weight excluding hydrogens is 879 g/mol. The summed E-state index contributed by atoms with van der Waals surface area (Å²) in [4.78, 5) is 14.4. The van der Waals surface area contributed by atoms with Crippen molar-refractivity contribution in [3.63, 3.8) is 0 Å². The van der Waals surface area contributed by atoms with E-state index in [4.69, 9.17) is 4.42 Å². The highest BCUT2D eigenvalue weighted by atomic mass is 16.3. The molecule has 72 heavy (non-hydrogen) atoms. The lowest BCUT2D eigenvalue weighted by molar-refractivity contribution is 0.669. The average Bonchev–Trinajstić information content (AvgIpc) is 4.19. The number of aromatic nitrogens is 3. The van der Waals surface area contributed by atoms with Crippen LogP contribution in [0, 0.1) is 0 Å². The molecule has 0 N–H and O–H groups in total. The van der Waals surface area contributed by atoms with Gasteiger partial charge < -0.3 is 13.6 Å². The molecule has 0 fully saturated rings. The van der Waals surface area contributed by atoms with Crippen LogP contribution in [0.5, 0.6) is 0 Å². The number of pyridine rings is 1. The fourth-order valence-electron chi connectivity index (χ4n) is 12.2. The van der Waals surface area contributed by atoms with Gasteiger partial charge in [0.05, 0.1) is 33.1 Å². The molecule has 0 aliphatic carbocycles. The first-order valence-electron chi connectivity index (χ1n) is 24.5. The smallest absolute Gasteiger partial charge is 0.263 e. The Bertz CT molecular complexity index is 5000. The van der Waals surface area contributed by atoms with E-state index in [0.717, 1.165) is 99.2 Å². The Morgan fingerprint density at radius 2 is 0.806 bits per heavy atom. The van der Waals surface area contributed by atoms with Crippen LogP contribution in [0.4, 0.5) is 0 Å². The molecule has 11 aromatic carbocycles. The lowest BCUT2D eigenvalue weighted by atomic mass is 9.94. The van der Waals surface area contributed by atoms with Crippen LogP contribution < -0.4 is 5.56 Å². The Morgan fingerprint density at radius 3 is 1.49 bits per heavy atom. The Morgan fingerprint density at radius 1 is 0.292 bits per heavy atom. The van der Waals surface area contributed by atoms with Gasteiger partial charge in [-0.15, -0.1) is 0 Å². The molecule has 16 aromatic rings. The largest absolute Gasteiger partial charge is 0.456 e. The predicted octanol–water partition coefficient (Wildman–Crippen LogP) is 17.3. The van der Waals surface area contributed by atoms with Gasteiger partial charge in [-0.3, -0.25) is 9.20 Å². The number of fused-ring (bicyclic) bond motifs is 14. The quantitative estimate of drug-likeness (QED) is 0.162. The normalized spacial score (nSPS) is 12.2. The van der Waals surface area contributed by atoms with Crippen molar-refractivity contribution in [2.45, 2.75) is 0 Å². The first-order valence-corrected chi connectivity index (χ1v) is 24.5. The van der Waals surface area contributed by atoms with E-state index in [9.17, 15) is 4.79 Å². The molecule has 0 aliphatic rings. The molecule has 0 saturated heterocycles. The van der Waals surface area contributed by atoms with Crippen LogP contribution in [0.25, 0.3) is 148 Å². The molecule has 0 saturated carbocycles. The van der Waals surface area contributed by atoms with Crippen molar-refractivity contribution in [1.82, 2.24) is 13.5 Å². The topological polar surface area (TPSA) is 44.5 Å². The van der Waals surface area contributed by atoms with Gasteiger partial charge in [-0.2, -0.15) is 0 Å². The lowest BCUT2D eigenvalue weighted by Crippen LogP contribution is -2.12. The van der Waals surface area contributed by atoms with Crippen LogP contribution in [0.3, 0.4) is 0 Å². The molecule has 0 atom stereocenters. The Kier molecular flexibility index (Phi) is 7.97. The van der Waals surface area contributed by atoms with Crippen molar-refractivity contribution in [3.8, 4) is 44.8 Å². The van der Waals surface area contributed by atoms with Crippen molar-refractivity contribution in [2.75, 3.05) is 0 Å². The molecule has 16 rings (SSSR count). The lowest BCUT2D eigenvalue weighted by Gasteiger charge is -2.11. The minimum absolute atomic E-state index is 0.0000273. The zero-order valence-electron chi connectivity index (χ0n) is 38.7. The molecule has 0 unspecified atom stereocenters. The highest BCUT2D eigenvalue weighted by Crippen LogP contribution is 2.44. The molecule has 0 aliphatic heterocycles. The van der Waals surface area contributed by atoms with Gasteiger partial charge in [0.25, 0.3) is 5.56 Å². The van der Waals surface area contributed by atoms with E-state index < -0.39 is 0 Å². The fraction of sp³-hybridized carbons (Fsp3) is 0. The SMILES string of the molecule is O=c1c2ccccc2c2cc(-c3cccc4oc5ccc(-n6c7ccccc7c7cc(-c8ccc9c(c8)c8ccccc8n9-c8ccccc8)ccc76)cc5c34)cc3c4cc(-c5ccccc5)ccc4n1c23. The average molecular weight is 918 g/mol. The number of nitrogens with zero attached hydrogens (tertiary/aromatic N) is 3. The molecule has 5 nitrogen and oxygen atoms in total. The minimum atomic E-state index is 0.0000273. The number of benzene rings is 11. The molecule has 0 amide bonds. The summed E-state index contributed by atoms with van der Waals surface area (Å²) >= 11 is 0. The zero-order chi connectivity index (χ0) is 47.2. The van der Waals surface area contributed by atoms with Crippen molar-refractivity contribution >= 4 is 104 Å². The Labute approximate surface area is 411 Å². The van der Waals surface area contributed by atoms with Gasteiger partial charge in [-0.05, 0) is 142 Å². The van der Waals surface area contributed by atoms with Gasteiger partial charge in [0, 0.05) is 65.2 Å². The van der Waals surface area contributed by atoms with Gasteiger partial charge in [-0.1, -0.05) is 133 Å². The van der Waals surface area contributed by atoms with Gasteiger partial charge >= 0.3 is 0 Å². The highest BCUT2D eigenvalue weighted by molar-refractivity contribution is 6.23. The summed E-state index contributed by atoms with van der Waals surface area (Å²) in [6, 6.07) is 84.4. The first kappa shape index (κ1) is 39.2. The maximum absolute atomic E-state index is 14.4. The molecule has 0 radical (unpaired) electrons. The Hall–Kier alpha value is -9.71. The molecule has 0 bridgehead atoms. The van der Waals surface area contributed by atoms with E-state index in [1.54, 1.807) is 0 Å². The van der Waals surface area contributed by atoms with E-state index in [1.165, 1.54) is 43.7 Å². The third-order valence-electron chi connectivity index (χ3n) is 15.4. The van der Waals surface area contributed by atoms with Crippen molar-refractivity contribution in [3.05, 3.63) is 247 Å². The maximum Gasteiger partial charge on any atom is 0.263 e. The predicted molar refractivity (Wildman–Crippen MR) is 300 cm³/mol. The van der Waals surface area contributed by atoms with Gasteiger partial charge in [0.2, 0.25) is 0 Å². The van der Waals surface area contributed by atoms with Crippen LogP contribution in [0.15, 0.2) is 246 Å². The van der Waals surface area contributed by atoms with Gasteiger partial charge in [0.1, 0.15) is 11.2 Å². The monoisotopic (exact) mass is 917 g/mol. The summed E-state index contributed by atoms with van der Waals surface area (Å²) in [5.74, 6) is 0. The molecule has 5 aromatic heterocycles. The summed E-state index contributed by atoms with van der Waals surface area (Å²) in [5, 5.41) is 11.8. The summed E-state index contributed by atoms with van der Waals surface area (Å²) < 4.78 is 13.4. The van der Waals surface area contributed by atoms with Crippen LogP contribution in [0.1, 0.15) is 0 Å². The number of rotatable bonds is 5. The summed E-state index contributed by atoms with van der Waals surface area (Å²) in [6.07, 6.45) is 0. The van der Waals surface area contributed by atoms with Crippen LogP contribution in [-0.2, 0) is 0 Å². The minimum Gasteiger partial charge on any atom is -0.456 e. The summed E-state index contributed by atoms with van der Waals surface area (Å²) in [7, 11) is 0. The molecular formula is C67H39N3O2. The first-order chi connectivity index (χ1) is 35.6. The van der Waals surface area contributed by atoms with Crippen molar-refractivity contribution in [1.29, 1.82) is 0 Å². The fourth-order valence-corrected chi connectivity index (χ4v) is 12.2. The number of hydrogen-bond acceptors (Lipinski definition) is 2. The molecule has 334 valence electrons. The van der Waals surface area contributed by atoms with Crippen LogP contribution >= 0.6 is 0 Å². The van der Waals surface area contributed by atoms with Crippen molar-refractivity contribution < 1.29 is 4.42 Å². The van der Waals surface area contributed by atoms with Gasteiger partial charge in [-0.25, -0.2) is 0 Å². The molecule has 0 spiro atoms. The van der Waals surface area contributed by atoms with E-state index in [2.05, 4.69) is 221 Å². The van der Waals surface area contributed by atoms with E-state index in [0.29, 0.717) is 5.39 Å². The number of furan rings is 1. The van der Waals surface area contributed by atoms with E-state index in [1.807, 2.05) is 28.7 Å². The molecule has 5 heterocycles. The van der Waals surface area contributed by atoms with Crippen molar-refractivity contribution in [2.24, 2.45) is 0 Å². The van der Waals surface area contributed by atoms with Gasteiger partial charge in [0.15, 0.2) is 0 Å². The second kappa shape index (κ2) is 14.7. The third-order valence-corrected chi connectivity index (χ3v) is 15.4. The van der Waals surface area contributed by atoms with Crippen LogP contribution in [0.2, 0.25) is 0 Å².